The Morgan fingerprint density at radius 2 is 2.00 bits per heavy atom. The topological polar surface area (TPSA) is 44.4 Å². The Morgan fingerprint density at radius 3 is 2.70 bits per heavy atom. The monoisotopic (exact) mass is 277 g/mol. The molecular weight excluding hydrogens is 257 g/mol. The Morgan fingerprint density at radius 1 is 1.30 bits per heavy atom. The molecule has 2 atom stereocenters. The van der Waals surface area contributed by atoms with Gasteiger partial charge in [-0.2, -0.15) is 0 Å². The highest BCUT2D eigenvalue weighted by atomic mass is 19.1. The summed E-state index contributed by atoms with van der Waals surface area (Å²) in [4.78, 5) is 14.2. The van der Waals surface area contributed by atoms with Gasteiger partial charge < -0.3 is 15.5 Å². The molecule has 0 saturated carbocycles. The number of rotatable bonds is 4. The molecule has 2 fully saturated rings. The summed E-state index contributed by atoms with van der Waals surface area (Å²) in [7, 11) is 0. The molecule has 2 aliphatic heterocycles. The molecule has 1 aromatic carbocycles. The van der Waals surface area contributed by atoms with Gasteiger partial charge in [0.2, 0.25) is 5.91 Å². The summed E-state index contributed by atoms with van der Waals surface area (Å²) in [6, 6.07) is 6.26. The lowest BCUT2D eigenvalue weighted by Gasteiger charge is -2.16. The lowest BCUT2D eigenvalue weighted by atomic mass is 10.0. The quantitative estimate of drug-likeness (QED) is 0.872. The van der Waals surface area contributed by atoms with Crippen LogP contribution in [-0.2, 0) is 4.79 Å². The van der Waals surface area contributed by atoms with Crippen LogP contribution in [0.3, 0.4) is 0 Å². The van der Waals surface area contributed by atoms with Crippen molar-refractivity contribution < 1.29 is 9.18 Å². The number of para-hydroxylation sites is 1. The zero-order chi connectivity index (χ0) is 13.9. The fraction of sp³-hybridized carbons (Fsp3) is 0.533. The summed E-state index contributed by atoms with van der Waals surface area (Å²) in [5, 5.41) is 6.03. The van der Waals surface area contributed by atoms with E-state index in [4.69, 9.17) is 0 Å². The normalized spacial score (nSPS) is 25.6. The first-order valence-corrected chi connectivity index (χ1v) is 7.20. The number of amides is 1. The van der Waals surface area contributed by atoms with E-state index < -0.39 is 0 Å². The van der Waals surface area contributed by atoms with Crippen LogP contribution >= 0.6 is 0 Å². The smallest absolute Gasteiger partial charge is 0.225 e. The molecule has 2 N–H and O–H groups in total. The van der Waals surface area contributed by atoms with Crippen LogP contribution in [0.2, 0.25) is 0 Å². The minimum Gasteiger partial charge on any atom is -0.324 e. The first-order valence-electron chi connectivity index (χ1n) is 7.20. The predicted octanol–water partition coefficient (Wildman–Crippen LogP) is 1.31. The molecule has 0 radical (unpaired) electrons. The van der Waals surface area contributed by atoms with E-state index in [2.05, 4.69) is 15.5 Å². The van der Waals surface area contributed by atoms with Crippen molar-refractivity contribution in [2.45, 2.75) is 6.42 Å². The fourth-order valence-corrected chi connectivity index (χ4v) is 3.17. The van der Waals surface area contributed by atoms with Crippen LogP contribution < -0.4 is 10.6 Å². The summed E-state index contributed by atoms with van der Waals surface area (Å²) in [5.74, 6) is 0.974. The first-order chi connectivity index (χ1) is 9.72. The van der Waals surface area contributed by atoms with E-state index in [1.54, 1.807) is 18.2 Å². The average Bonchev–Trinajstić information content (AvgIpc) is 3.00. The van der Waals surface area contributed by atoms with Gasteiger partial charge in [-0.25, -0.2) is 4.39 Å². The van der Waals surface area contributed by atoms with Gasteiger partial charge in [-0.15, -0.1) is 0 Å². The van der Waals surface area contributed by atoms with Crippen molar-refractivity contribution in [3.8, 4) is 0 Å². The SMILES string of the molecule is O=C(CCN1C[C@H]2CNC[C@H]2C1)Nc1ccccc1F. The van der Waals surface area contributed by atoms with E-state index in [1.165, 1.54) is 6.07 Å². The molecule has 20 heavy (non-hydrogen) atoms. The van der Waals surface area contributed by atoms with E-state index >= 15 is 0 Å². The highest BCUT2D eigenvalue weighted by molar-refractivity contribution is 5.90. The number of carbonyl (C=O) groups excluding carboxylic acids is 1. The molecule has 108 valence electrons. The molecule has 1 aromatic rings. The van der Waals surface area contributed by atoms with E-state index in [9.17, 15) is 9.18 Å². The standard InChI is InChI=1S/C15H20FN3O/c16-13-3-1-2-4-14(13)18-15(20)5-6-19-9-11-7-17-8-12(11)10-19/h1-4,11-12,17H,5-10H2,(H,18,20)/t11-,12+. The Labute approximate surface area is 118 Å². The number of halogens is 1. The lowest BCUT2D eigenvalue weighted by Crippen LogP contribution is -2.29. The minimum atomic E-state index is -0.386. The minimum absolute atomic E-state index is 0.120. The maximum absolute atomic E-state index is 13.4. The Balaban J connectivity index is 1.45. The van der Waals surface area contributed by atoms with E-state index in [1.807, 2.05) is 0 Å². The molecule has 1 amide bonds. The van der Waals surface area contributed by atoms with Crippen molar-refractivity contribution in [3.63, 3.8) is 0 Å². The summed E-state index contributed by atoms with van der Waals surface area (Å²) < 4.78 is 13.4. The van der Waals surface area contributed by atoms with Gasteiger partial charge in [0.1, 0.15) is 5.82 Å². The Hall–Kier alpha value is -1.46. The van der Waals surface area contributed by atoms with E-state index in [-0.39, 0.29) is 17.4 Å². The number of fused-ring (bicyclic) bond motifs is 1. The van der Waals surface area contributed by atoms with Gasteiger partial charge in [0.15, 0.2) is 0 Å². The molecule has 2 saturated heterocycles. The molecule has 0 bridgehead atoms. The van der Waals surface area contributed by atoms with Gasteiger partial charge in [-0.1, -0.05) is 12.1 Å². The van der Waals surface area contributed by atoms with Crippen LogP contribution in [0.25, 0.3) is 0 Å². The predicted molar refractivity (Wildman–Crippen MR) is 75.9 cm³/mol. The number of hydrogen-bond acceptors (Lipinski definition) is 3. The van der Waals surface area contributed by atoms with Gasteiger partial charge in [0.05, 0.1) is 5.69 Å². The molecule has 2 heterocycles. The highest BCUT2D eigenvalue weighted by Gasteiger charge is 2.35. The Bertz CT molecular complexity index is 482. The van der Waals surface area contributed by atoms with Gasteiger partial charge in [-0.05, 0) is 37.1 Å². The molecule has 0 aromatic heterocycles. The number of carbonyl (C=O) groups is 1. The molecule has 5 heteroatoms. The largest absolute Gasteiger partial charge is 0.324 e. The van der Waals surface area contributed by atoms with Crippen LogP contribution in [0.4, 0.5) is 10.1 Å². The molecule has 2 aliphatic rings. The van der Waals surface area contributed by atoms with Crippen molar-refractivity contribution in [2.75, 3.05) is 38.0 Å². The number of nitrogens with zero attached hydrogens (tertiary/aromatic N) is 1. The van der Waals surface area contributed by atoms with Crippen molar-refractivity contribution in [2.24, 2.45) is 11.8 Å². The Kier molecular flexibility index (Phi) is 3.98. The second-order valence-electron chi connectivity index (χ2n) is 5.72. The third kappa shape index (κ3) is 2.99. The average molecular weight is 277 g/mol. The second-order valence-corrected chi connectivity index (χ2v) is 5.72. The number of benzene rings is 1. The molecule has 0 aliphatic carbocycles. The number of nitrogens with one attached hydrogen (secondary N) is 2. The van der Waals surface area contributed by atoms with Gasteiger partial charge in [-0.3, -0.25) is 4.79 Å². The zero-order valence-electron chi connectivity index (χ0n) is 11.4. The number of hydrogen-bond donors (Lipinski definition) is 2. The fourth-order valence-electron chi connectivity index (χ4n) is 3.17. The summed E-state index contributed by atoms with van der Waals surface area (Å²) in [6.07, 6.45) is 0.418. The maximum Gasteiger partial charge on any atom is 0.225 e. The molecule has 4 nitrogen and oxygen atoms in total. The summed E-state index contributed by atoms with van der Waals surface area (Å²) >= 11 is 0. The number of anilines is 1. The van der Waals surface area contributed by atoms with Crippen LogP contribution in [0.1, 0.15) is 6.42 Å². The molecular formula is C15H20FN3O. The van der Waals surface area contributed by atoms with Crippen LogP contribution in [-0.4, -0.2) is 43.5 Å². The van der Waals surface area contributed by atoms with Gasteiger partial charge in [0, 0.05) is 26.1 Å². The lowest BCUT2D eigenvalue weighted by molar-refractivity contribution is -0.116. The molecule has 3 rings (SSSR count). The zero-order valence-corrected chi connectivity index (χ0v) is 11.4. The highest BCUT2D eigenvalue weighted by Crippen LogP contribution is 2.26. The number of likely N-dealkylation sites (tertiary alicyclic amines) is 1. The van der Waals surface area contributed by atoms with Crippen LogP contribution in [0.5, 0.6) is 0 Å². The van der Waals surface area contributed by atoms with Crippen molar-refractivity contribution in [3.05, 3.63) is 30.1 Å². The third-order valence-corrected chi connectivity index (χ3v) is 4.27. The van der Waals surface area contributed by atoms with E-state index in [0.29, 0.717) is 6.42 Å². The van der Waals surface area contributed by atoms with Gasteiger partial charge >= 0.3 is 0 Å². The van der Waals surface area contributed by atoms with Crippen LogP contribution in [0, 0.1) is 17.7 Å². The van der Waals surface area contributed by atoms with Crippen molar-refractivity contribution >= 4 is 11.6 Å². The maximum atomic E-state index is 13.4. The van der Waals surface area contributed by atoms with Crippen molar-refractivity contribution in [1.29, 1.82) is 0 Å². The van der Waals surface area contributed by atoms with Crippen molar-refractivity contribution in [1.82, 2.24) is 10.2 Å². The van der Waals surface area contributed by atoms with E-state index in [0.717, 1.165) is 44.6 Å². The molecule has 0 spiro atoms. The summed E-state index contributed by atoms with van der Waals surface area (Å²) in [5.41, 5.74) is 0.264. The molecule has 0 unspecified atom stereocenters. The summed E-state index contributed by atoms with van der Waals surface area (Å²) in [6.45, 7) is 5.10. The first kappa shape index (κ1) is 13.5. The van der Waals surface area contributed by atoms with Crippen LogP contribution in [0.15, 0.2) is 24.3 Å². The third-order valence-electron chi connectivity index (χ3n) is 4.27. The second kappa shape index (κ2) is 5.89. The van der Waals surface area contributed by atoms with Gasteiger partial charge in [0.25, 0.3) is 0 Å².